The van der Waals surface area contributed by atoms with E-state index in [4.69, 9.17) is 5.73 Å². The van der Waals surface area contributed by atoms with Gasteiger partial charge in [-0.2, -0.15) is 9.40 Å². The Balaban J connectivity index is 1.95. The molecule has 1 saturated heterocycles. The molecule has 2 atom stereocenters. The third-order valence-electron chi connectivity index (χ3n) is 4.60. The van der Waals surface area contributed by atoms with Gasteiger partial charge in [0.15, 0.2) is 5.82 Å². The molecular weight excluding hydrogens is 276 g/mol. The van der Waals surface area contributed by atoms with Crippen LogP contribution in [0.3, 0.4) is 0 Å². The molecule has 2 aliphatic rings. The van der Waals surface area contributed by atoms with Crippen LogP contribution in [0, 0.1) is 5.92 Å². The number of hydrogen-bond acceptors (Lipinski definition) is 4. The lowest BCUT2D eigenvalue weighted by atomic mass is 9.79. The van der Waals surface area contributed by atoms with Gasteiger partial charge in [-0.3, -0.25) is 4.68 Å². The summed E-state index contributed by atoms with van der Waals surface area (Å²) < 4.78 is 28.9. The number of nitrogen functional groups attached to an aromatic ring is 1. The van der Waals surface area contributed by atoms with E-state index in [0.717, 1.165) is 32.1 Å². The first-order valence-electron chi connectivity index (χ1n) is 7.31. The van der Waals surface area contributed by atoms with Crippen molar-refractivity contribution in [2.24, 2.45) is 13.0 Å². The first kappa shape index (κ1) is 13.9. The monoisotopic (exact) mass is 298 g/mol. The molecule has 1 saturated carbocycles. The van der Waals surface area contributed by atoms with Crippen molar-refractivity contribution in [1.82, 2.24) is 14.1 Å². The van der Waals surface area contributed by atoms with Crippen LogP contribution in [0.4, 0.5) is 5.82 Å². The van der Waals surface area contributed by atoms with Gasteiger partial charge in [-0.15, -0.1) is 0 Å². The molecule has 112 valence electrons. The van der Waals surface area contributed by atoms with E-state index in [2.05, 4.69) is 5.10 Å². The molecule has 6 nitrogen and oxygen atoms in total. The summed E-state index contributed by atoms with van der Waals surface area (Å²) in [6, 6.07) is 0.155. The van der Waals surface area contributed by atoms with Crippen molar-refractivity contribution >= 4 is 15.8 Å². The molecule has 2 N–H and O–H groups in total. The van der Waals surface area contributed by atoms with E-state index in [1.807, 2.05) is 0 Å². The number of rotatable bonds is 2. The minimum atomic E-state index is -3.52. The van der Waals surface area contributed by atoms with Crippen molar-refractivity contribution < 1.29 is 8.42 Å². The van der Waals surface area contributed by atoms with Gasteiger partial charge in [-0.25, -0.2) is 8.42 Å². The molecule has 20 heavy (non-hydrogen) atoms. The number of aromatic nitrogens is 2. The zero-order valence-electron chi connectivity index (χ0n) is 11.8. The Labute approximate surface area is 120 Å². The van der Waals surface area contributed by atoms with Gasteiger partial charge in [0.2, 0.25) is 10.0 Å². The smallest absolute Gasteiger partial charge is 0.248 e. The summed E-state index contributed by atoms with van der Waals surface area (Å²) in [4.78, 5) is 0.159. The van der Waals surface area contributed by atoms with Crippen LogP contribution in [0.25, 0.3) is 0 Å². The van der Waals surface area contributed by atoms with E-state index >= 15 is 0 Å². The molecule has 2 heterocycles. The normalized spacial score (nSPS) is 28.2. The Morgan fingerprint density at radius 3 is 2.65 bits per heavy atom. The zero-order chi connectivity index (χ0) is 14.3. The molecule has 2 unspecified atom stereocenters. The number of hydrogen-bond donors (Lipinski definition) is 1. The van der Waals surface area contributed by atoms with Crippen LogP contribution < -0.4 is 5.73 Å². The minimum Gasteiger partial charge on any atom is -0.381 e. The molecule has 1 aromatic rings. The van der Waals surface area contributed by atoms with E-state index < -0.39 is 10.0 Å². The van der Waals surface area contributed by atoms with Gasteiger partial charge in [0, 0.05) is 25.8 Å². The van der Waals surface area contributed by atoms with Crippen LogP contribution in [0.5, 0.6) is 0 Å². The number of nitrogens with zero attached hydrogens (tertiary/aromatic N) is 3. The molecule has 0 amide bonds. The summed E-state index contributed by atoms with van der Waals surface area (Å²) >= 11 is 0. The number of sulfonamides is 1. The van der Waals surface area contributed by atoms with Gasteiger partial charge >= 0.3 is 0 Å². The molecular formula is C13H22N4O2S. The number of nitrogens with two attached hydrogens (primary N) is 1. The highest BCUT2D eigenvalue weighted by molar-refractivity contribution is 7.89. The van der Waals surface area contributed by atoms with Crippen LogP contribution in [-0.2, 0) is 17.1 Å². The Bertz CT molecular complexity index is 594. The van der Waals surface area contributed by atoms with E-state index in [1.165, 1.54) is 17.3 Å². The quantitative estimate of drug-likeness (QED) is 0.893. The molecule has 7 heteroatoms. The average Bonchev–Trinajstić information content (AvgIpc) is 2.78. The second kappa shape index (κ2) is 5.04. The minimum absolute atomic E-state index is 0.102. The zero-order valence-corrected chi connectivity index (χ0v) is 12.6. The molecule has 1 aliphatic heterocycles. The van der Waals surface area contributed by atoms with Crippen LogP contribution in [0.1, 0.15) is 38.5 Å². The Hall–Kier alpha value is -1.08. The highest BCUT2D eigenvalue weighted by Gasteiger charge is 2.41. The van der Waals surface area contributed by atoms with Gasteiger partial charge in [0.1, 0.15) is 4.90 Å². The number of anilines is 1. The fourth-order valence-electron chi connectivity index (χ4n) is 3.69. The molecule has 0 spiro atoms. The van der Waals surface area contributed by atoms with Crippen molar-refractivity contribution in [3.8, 4) is 0 Å². The Morgan fingerprint density at radius 2 is 1.95 bits per heavy atom. The summed E-state index contributed by atoms with van der Waals surface area (Å²) in [6.07, 6.45) is 8.08. The molecule has 1 aromatic heterocycles. The van der Waals surface area contributed by atoms with Crippen LogP contribution in [0.15, 0.2) is 11.1 Å². The van der Waals surface area contributed by atoms with Crippen molar-refractivity contribution in [3.05, 3.63) is 6.20 Å². The van der Waals surface area contributed by atoms with Gasteiger partial charge < -0.3 is 5.73 Å². The maximum atomic E-state index is 12.9. The van der Waals surface area contributed by atoms with E-state index in [1.54, 1.807) is 11.4 Å². The summed E-state index contributed by atoms with van der Waals surface area (Å²) in [5.41, 5.74) is 5.76. The SMILES string of the molecule is Cn1cc(S(=O)(=O)N2CCCC3CCCCC32)c(N)n1. The predicted molar refractivity (Wildman–Crippen MR) is 76.5 cm³/mol. The lowest BCUT2D eigenvalue weighted by Crippen LogP contribution is -2.49. The topological polar surface area (TPSA) is 81.2 Å². The first-order valence-corrected chi connectivity index (χ1v) is 8.75. The Morgan fingerprint density at radius 1 is 1.25 bits per heavy atom. The highest BCUT2D eigenvalue weighted by Crippen LogP contribution is 2.38. The molecule has 1 aliphatic carbocycles. The molecule has 0 radical (unpaired) electrons. The van der Waals surface area contributed by atoms with Gasteiger partial charge in [0.05, 0.1) is 0 Å². The van der Waals surface area contributed by atoms with Gasteiger partial charge in [-0.1, -0.05) is 12.8 Å². The van der Waals surface area contributed by atoms with Crippen molar-refractivity contribution in [2.75, 3.05) is 12.3 Å². The third kappa shape index (κ3) is 2.22. The fourth-order valence-corrected chi connectivity index (χ4v) is 5.53. The maximum absolute atomic E-state index is 12.9. The van der Waals surface area contributed by atoms with Gasteiger partial charge in [0.25, 0.3) is 0 Å². The summed E-state index contributed by atoms with van der Waals surface area (Å²) in [6.45, 7) is 0.609. The molecule has 0 aromatic carbocycles. The molecule has 3 rings (SSSR count). The summed E-state index contributed by atoms with van der Waals surface area (Å²) in [7, 11) is -1.83. The second-order valence-electron chi connectivity index (χ2n) is 5.92. The number of aryl methyl sites for hydroxylation is 1. The average molecular weight is 298 g/mol. The largest absolute Gasteiger partial charge is 0.381 e. The molecule has 0 bridgehead atoms. The Kier molecular flexibility index (Phi) is 3.50. The first-order chi connectivity index (χ1) is 9.50. The van der Waals surface area contributed by atoms with Crippen molar-refractivity contribution in [3.63, 3.8) is 0 Å². The summed E-state index contributed by atoms with van der Waals surface area (Å²) in [5, 5.41) is 3.96. The maximum Gasteiger partial charge on any atom is 0.248 e. The van der Waals surface area contributed by atoms with Crippen LogP contribution >= 0.6 is 0 Å². The standard InChI is InChI=1S/C13H22N4O2S/c1-16-9-12(13(14)15-16)20(18,19)17-8-4-6-10-5-2-3-7-11(10)17/h9-11H,2-8H2,1H3,(H2,14,15). The van der Waals surface area contributed by atoms with Crippen LogP contribution in [-0.4, -0.2) is 35.1 Å². The lowest BCUT2D eigenvalue weighted by Gasteiger charge is -2.42. The number of fused-ring (bicyclic) bond motifs is 1. The van der Waals surface area contributed by atoms with Crippen LogP contribution in [0.2, 0.25) is 0 Å². The predicted octanol–water partition coefficient (Wildman–Crippen LogP) is 1.35. The fraction of sp³-hybridized carbons (Fsp3) is 0.769. The number of piperidine rings is 1. The highest BCUT2D eigenvalue weighted by atomic mass is 32.2. The second-order valence-corrected chi connectivity index (χ2v) is 7.78. The molecule has 2 fully saturated rings. The van der Waals surface area contributed by atoms with E-state index in [9.17, 15) is 8.42 Å². The van der Waals surface area contributed by atoms with E-state index in [0.29, 0.717) is 12.5 Å². The third-order valence-corrected chi connectivity index (χ3v) is 6.54. The van der Waals surface area contributed by atoms with Crippen molar-refractivity contribution in [1.29, 1.82) is 0 Å². The van der Waals surface area contributed by atoms with Gasteiger partial charge in [-0.05, 0) is 31.6 Å². The summed E-state index contributed by atoms with van der Waals surface area (Å²) in [5.74, 6) is 0.621. The van der Waals surface area contributed by atoms with E-state index in [-0.39, 0.29) is 16.8 Å². The lowest BCUT2D eigenvalue weighted by molar-refractivity contribution is 0.129. The van der Waals surface area contributed by atoms with Crippen molar-refractivity contribution in [2.45, 2.75) is 49.5 Å².